The molecule has 0 aliphatic rings. The van der Waals surface area contributed by atoms with Crippen LogP contribution in [0.1, 0.15) is 17.3 Å². The van der Waals surface area contributed by atoms with Crippen LogP contribution in [0.15, 0.2) is 85.5 Å². The van der Waals surface area contributed by atoms with Crippen molar-refractivity contribution in [3.8, 4) is 11.1 Å². The number of hydrogen-bond acceptors (Lipinski definition) is 4. The molecule has 0 unspecified atom stereocenters. The van der Waals surface area contributed by atoms with Gasteiger partial charge in [0.1, 0.15) is 24.0 Å². The Morgan fingerprint density at radius 3 is 2.61 bits per heavy atom. The molecule has 3 aromatic heterocycles. The van der Waals surface area contributed by atoms with Crippen molar-refractivity contribution in [1.82, 2.24) is 19.9 Å². The average molecular weight is 516 g/mol. The fraction of sp³-hybridized carbons (Fsp3) is 0.138. The molecule has 5 aromatic rings. The summed E-state index contributed by atoms with van der Waals surface area (Å²) >= 11 is 0. The number of hydrogen-bond donors (Lipinski definition) is 2. The Morgan fingerprint density at radius 1 is 1.00 bits per heavy atom. The molecule has 0 aliphatic carbocycles. The van der Waals surface area contributed by atoms with Crippen molar-refractivity contribution in [3.05, 3.63) is 114 Å². The first-order chi connectivity index (χ1) is 18.4. The van der Waals surface area contributed by atoms with Crippen molar-refractivity contribution < 1.29 is 18.0 Å². The topological polar surface area (TPSA) is 71.8 Å². The van der Waals surface area contributed by atoms with E-state index >= 15 is 0 Å². The average Bonchev–Trinajstić information content (AvgIpc) is 3.30. The number of rotatable bonds is 8. The van der Waals surface area contributed by atoms with Crippen LogP contribution in [-0.4, -0.2) is 27.5 Å². The minimum Gasteiger partial charge on any atom is -0.386 e. The molecular weight excluding hydrogens is 491 g/mol. The van der Waals surface area contributed by atoms with Gasteiger partial charge in [0.15, 0.2) is 0 Å². The zero-order valence-electron chi connectivity index (χ0n) is 20.5. The molecule has 192 valence electrons. The zero-order valence-corrected chi connectivity index (χ0v) is 20.5. The standard InChI is InChI=1S/C29H24F3N5O/c1-33-25-14-19(4-5-24(25)32)23-3-2-8-35-29(23)26(13-18-11-21(30)15-22(31)12-18)36-28(38)17-37-10-7-20-16-34-9-6-27(20)37/h2-12,14-16,26,33H,13,17H2,1H3,(H,36,38)/t26-/m0/s1. The number of carbonyl (C=O) groups excluding carboxylic acids is 1. The molecule has 0 spiro atoms. The van der Waals surface area contributed by atoms with E-state index in [1.807, 2.05) is 18.2 Å². The molecule has 0 bridgehead atoms. The lowest BCUT2D eigenvalue weighted by Gasteiger charge is -2.22. The normalized spacial score (nSPS) is 11.9. The van der Waals surface area contributed by atoms with Crippen molar-refractivity contribution in [2.45, 2.75) is 19.0 Å². The van der Waals surface area contributed by atoms with Crippen molar-refractivity contribution >= 4 is 22.5 Å². The lowest BCUT2D eigenvalue weighted by Crippen LogP contribution is -2.33. The molecule has 2 N–H and O–H groups in total. The molecule has 0 saturated heterocycles. The number of nitrogens with one attached hydrogen (secondary N) is 2. The molecule has 38 heavy (non-hydrogen) atoms. The maximum atomic E-state index is 14.2. The quantitative estimate of drug-likeness (QED) is 0.280. The van der Waals surface area contributed by atoms with Crippen molar-refractivity contribution in [3.63, 3.8) is 0 Å². The second-order valence-electron chi connectivity index (χ2n) is 8.86. The predicted molar refractivity (Wildman–Crippen MR) is 140 cm³/mol. The monoisotopic (exact) mass is 515 g/mol. The van der Waals surface area contributed by atoms with Crippen LogP contribution < -0.4 is 10.6 Å². The van der Waals surface area contributed by atoms with Gasteiger partial charge < -0.3 is 15.2 Å². The Balaban J connectivity index is 1.51. The minimum absolute atomic E-state index is 0.0180. The van der Waals surface area contributed by atoms with Gasteiger partial charge >= 0.3 is 0 Å². The van der Waals surface area contributed by atoms with E-state index in [2.05, 4.69) is 20.6 Å². The minimum atomic E-state index is -0.730. The molecule has 3 heterocycles. The largest absolute Gasteiger partial charge is 0.386 e. The lowest BCUT2D eigenvalue weighted by molar-refractivity contribution is -0.122. The van der Waals surface area contributed by atoms with Crippen molar-refractivity contribution in [2.24, 2.45) is 0 Å². The van der Waals surface area contributed by atoms with Crippen LogP contribution in [0.25, 0.3) is 22.0 Å². The van der Waals surface area contributed by atoms with Gasteiger partial charge in [-0.15, -0.1) is 0 Å². The van der Waals surface area contributed by atoms with Crippen LogP contribution in [0.2, 0.25) is 0 Å². The highest BCUT2D eigenvalue weighted by Crippen LogP contribution is 2.31. The molecule has 9 heteroatoms. The summed E-state index contributed by atoms with van der Waals surface area (Å²) in [5.41, 5.74) is 3.33. The predicted octanol–water partition coefficient (Wildman–Crippen LogP) is 5.66. The van der Waals surface area contributed by atoms with Gasteiger partial charge in [0.2, 0.25) is 5.91 Å². The van der Waals surface area contributed by atoms with E-state index in [9.17, 15) is 18.0 Å². The van der Waals surface area contributed by atoms with E-state index in [1.165, 1.54) is 18.2 Å². The van der Waals surface area contributed by atoms with E-state index < -0.39 is 23.5 Å². The number of anilines is 1. The van der Waals surface area contributed by atoms with Gasteiger partial charge in [-0.05, 0) is 60.0 Å². The molecule has 2 aromatic carbocycles. The summed E-state index contributed by atoms with van der Waals surface area (Å²) in [6.07, 6.45) is 6.83. The summed E-state index contributed by atoms with van der Waals surface area (Å²) in [6, 6.07) is 14.4. The Kier molecular flexibility index (Phi) is 7.08. The second kappa shape index (κ2) is 10.8. The van der Waals surface area contributed by atoms with Crippen LogP contribution in [0.5, 0.6) is 0 Å². The number of nitrogens with zero attached hydrogens (tertiary/aromatic N) is 3. The molecule has 6 nitrogen and oxygen atoms in total. The highest BCUT2D eigenvalue weighted by molar-refractivity contribution is 5.83. The maximum absolute atomic E-state index is 14.2. The summed E-state index contributed by atoms with van der Waals surface area (Å²) in [5.74, 6) is -2.14. The Bertz CT molecular complexity index is 1600. The van der Waals surface area contributed by atoms with Crippen LogP contribution in [0, 0.1) is 17.5 Å². The van der Waals surface area contributed by atoms with Crippen LogP contribution in [0.4, 0.5) is 18.9 Å². The number of amides is 1. The highest BCUT2D eigenvalue weighted by atomic mass is 19.1. The van der Waals surface area contributed by atoms with Crippen molar-refractivity contribution in [1.29, 1.82) is 0 Å². The van der Waals surface area contributed by atoms with Crippen LogP contribution in [-0.2, 0) is 17.8 Å². The van der Waals surface area contributed by atoms with Gasteiger partial charge in [0.25, 0.3) is 0 Å². The maximum Gasteiger partial charge on any atom is 0.240 e. The number of fused-ring (bicyclic) bond motifs is 1. The number of carbonyl (C=O) groups is 1. The van der Waals surface area contributed by atoms with Crippen molar-refractivity contribution in [2.75, 3.05) is 12.4 Å². The second-order valence-corrected chi connectivity index (χ2v) is 8.86. The first-order valence-electron chi connectivity index (χ1n) is 12.0. The third-order valence-corrected chi connectivity index (χ3v) is 6.30. The van der Waals surface area contributed by atoms with E-state index in [0.717, 1.165) is 17.0 Å². The first-order valence-corrected chi connectivity index (χ1v) is 12.0. The number of halogens is 3. The lowest BCUT2D eigenvalue weighted by atomic mass is 9.95. The summed E-state index contributed by atoms with van der Waals surface area (Å²) in [4.78, 5) is 21.9. The van der Waals surface area contributed by atoms with Gasteiger partial charge in [-0.1, -0.05) is 12.1 Å². The van der Waals surface area contributed by atoms with Gasteiger partial charge in [-0.2, -0.15) is 0 Å². The summed E-state index contributed by atoms with van der Waals surface area (Å²) in [7, 11) is 1.62. The molecular formula is C29H24F3N5O. The molecule has 0 saturated carbocycles. The third-order valence-electron chi connectivity index (χ3n) is 6.30. The smallest absolute Gasteiger partial charge is 0.240 e. The zero-order chi connectivity index (χ0) is 26.6. The summed E-state index contributed by atoms with van der Waals surface area (Å²) < 4.78 is 44.0. The SMILES string of the molecule is CNc1cc(-c2cccnc2[C@H](Cc2cc(F)cc(F)c2)NC(=O)Cn2ccc3cnccc32)ccc1F. The fourth-order valence-corrected chi connectivity index (χ4v) is 4.58. The Hall–Kier alpha value is -4.66. The summed E-state index contributed by atoms with van der Waals surface area (Å²) in [6.45, 7) is 0.0180. The van der Waals surface area contributed by atoms with Gasteiger partial charge in [0, 0.05) is 48.9 Å². The molecule has 1 amide bonds. The van der Waals surface area contributed by atoms with E-state index in [1.54, 1.807) is 54.6 Å². The van der Waals surface area contributed by atoms with Gasteiger partial charge in [-0.25, -0.2) is 13.2 Å². The van der Waals surface area contributed by atoms with Gasteiger partial charge in [0.05, 0.1) is 22.9 Å². The van der Waals surface area contributed by atoms with Crippen LogP contribution >= 0.6 is 0 Å². The van der Waals surface area contributed by atoms with E-state index in [0.29, 0.717) is 28.1 Å². The number of pyridine rings is 2. The number of benzene rings is 2. The Morgan fingerprint density at radius 2 is 1.82 bits per heavy atom. The molecule has 0 aliphatic heterocycles. The highest BCUT2D eigenvalue weighted by Gasteiger charge is 2.22. The first kappa shape index (κ1) is 25.0. The molecule has 0 radical (unpaired) electrons. The van der Waals surface area contributed by atoms with Gasteiger partial charge in [-0.3, -0.25) is 14.8 Å². The van der Waals surface area contributed by atoms with Crippen LogP contribution in [0.3, 0.4) is 0 Å². The number of aromatic nitrogens is 3. The summed E-state index contributed by atoms with van der Waals surface area (Å²) in [5, 5.41) is 6.72. The van der Waals surface area contributed by atoms with E-state index in [4.69, 9.17) is 0 Å². The Labute approximate surface area is 217 Å². The fourth-order valence-electron chi connectivity index (χ4n) is 4.58. The molecule has 1 atom stereocenters. The molecule has 5 rings (SSSR count). The third kappa shape index (κ3) is 5.36. The van der Waals surface area contributed by atoms with E-state index in [-0.39, 0.29) is 18.9 Å². The molecule has 0 fully saturated rings.